The van der Waals surface area contributed by atoms with Gasteiger partial charge in [-0.25, -0.2) is 0 Å². The third-order valence-corrected chi connectivity index (χ3v) is 3.68. The van der Waals surface area contributed by atoms with Crippen LogP contribution in [0.3, 0.4) is 0 Å². The number of benzene rings is 1. The fourth-order valence-electron chi connectivity index (χ4n) is 2.64. The normalized spacial score (nSPS) is 19.2. The van der Waals surface area contributed by atoms with E-state index in [1.807, 2.05) is 36.7 Å². The summed E-state index contributed by atoms with van der Waals surface area (Å²) in [6.07, 6.45) is 2.16. The number of carbonyl (C=O) groups is 1. The van der Waals surface area contributed by atoms with Crippen molar-refractivity contribution in [1.29, 1.82) is 0 Å². The number of aromatic amines is 1. The number of piperazine rings is 1. The number of para-hydroxylation sites is 1. The first-order valence-corrected chi connectivity index (χ1v) is 6.72. The fourth-order valence-corrected chi connectivity index (χ4v) is 2.64. The fraction of sp³-hybridized carbons (Fsp3) is 0.333. The Morgan fingerprint density at radius 1 is 1.40 bits per heavy atom. The predicted molar refractivity (Wildman–Crippen MR) is 76.1 cm³/mol. The molecular formula is C15H16N3O2. The van der Waals surface area contributed by atoms with Gasteiger partial charge in [-0.05, 0) is 17.5 Å². The summed E-state index contributed by atoms with van der Waals surface area (Å²) >= 11 is 0. The molecule has 1 aromatic heterocycles. The predicted octanol–water partition coefficient (Wildman–Crippen LogP) is 0.621. The molecule has 1 aliphatic rings. The van der Waals surface area contributed by atoms with Crippen LogP contribution in [-0.2, 0) is 16.0 Å². The van der Waals surface area contributed by atoms with Crippen LogP contribution in [0.4, 0.5) is 0 Å². The number of carbonyl (C=O) groups excluding carboxylic acids is 2. The van der Waals surface area contributed by atoms with Gasteiger partial charge in [0.15, 0.2) is 5.78 Å². The molecule has 1 aromatic carbocycles. The van der Waals surface area contributed by atoms with Crippen LogP contribution in [0.1, 0.15) is 5.69 Å². The molecule has 0 saturated carbocycles. The number of ketones is 1. The number of H-pyrrole nitrogens is 1. The molecule has 20 heavy (non-hydrogen) atoms. The summed E-state index contributed by atoms with van der Waals surface area (Å²) in [5.41, 5.74) is 1.91. The zero-order valence-corrected chi connectivity index (χ0v) is 11.1. The second-order valence-corrected chi connectivity index (χ2v) is 5.03. The average molecular weight is 270 g/mol. The minimum Gasteiger partial charge on any atom is -0.358 e. The Bertz CT molecular complexity index is 602. The summed E-state index contributed by atoms with van der Waals surface area (Å²) in [6, 6.07) is 9.49. The van der Waals surface area contributed by atoms with Gasteiger partial charge in [-0.2, -0.15) is 0 Å². The molecule has 2 heterocycles. The van der Waals surface area contributed by atoms with Crippen LogP contribution in [0.2, 0.25) is 0 Å². The Morgan fingerprint density at radius 2 is 2.25 bits per heavy atom. The Morgan fingerprint density at radius 3 is 3.05 bits per heavy atom. The lowest BCUT2D eigenvalue weighted by molar-refractivity contribution is -0.122. The molecule has 1 saturated heterocycles. The maximum absolute atomic E-state index is 12.3. The van der Waals surface area contributed by atoms with Crippen molar-refractivity contribution in [2.45, 2.75) is 12.5 Å². The molecule has 1 atom stereocenters. The van der Waals surface area contributed by atoms with Crippen molar-refractivity contribution in [1.82, 2.24) is 15.2 Å². The number of amides is 1. The first-order valence-electron chi connectivity index (χ1n) is 6.72. The van der Waals surface area contributed by atoms with Crippen molar-refractivity contribution in [3.8, 4) is 0 Å². The Kier molecular flexibility index (Phi) is 3.52. The van der Waals surface area contributed by atoms with Crippen LogP contribution >= 0.6 is 0 Å². The van der Waals surface area contributed by atoms with Crippen LogP contribution < -0.4 is 5.32 Å². The van der Waals surface area contributed by atoms with E-state index in [-0.39, 0.29) is 5.78 Å². The molecule has 2 N–H and O–H groups in total. The van der Waals surface area contributed by atoms with Crippen LogP contribution in [0.5, 0.6) is 0 Å². The second kappa shape index (κ2) is 5.46. The Balaban J connectivity index is 1.76. The van der Waals surface area contributed by atoms with E-state index in [2.05, 4.69) is 10.3 Å². The molecule has 0 spiro atoms. The number of fused-ring (bicyclic) bond motifs is 1. The van der Waals surface area contributed by atoms with Crippen LogP contribution in [0, 0.1) is 0 Å². The molecule has 5 heteroatoms. The topological polar surface area (TPSA) is 65.2 Å². The van der Waals surface area contributed by atoms with Crippen LogP contribution in [0.25, 0.3) is 10.9 Å². The third kappa shape index (κ3) is 2.44. The summed E-state index contributed by atoms with van der Waals surface area (Å²) < 4.78 is 0. The number of aromatic nitrogens is 1. The number of hydrogen-bond donors (Lipinski definition) is 2. The summed E-state index contributed by atoms with van der Waals surface area (Å²) in [5, 5.41) is 4.23. The van der Waals surface area contributed by atoms with E-state index in [1.165, 1.54) is 4.90 Å². The summed E-state index contributed by atoms with van der Waals surface area (Å²) in [4.78, 5) is 27.9. The van der Waals surface area contributed by atoms with E-state index in [9.17, 15) is 9.59 Å². The minimum atomic E-state index is -0.410. The first kappa shape index (κ1) is 12.9. The monoisotopic (exact) mass is 270 g/mol. The number of hydrogen-bond acceptors (Lipinski definition) is 3. The van der Waals surface area contributed by atoms with Gasteiger partial charge in [0.2, 0.25) is 0 Å². The summed E-state index contributed by atoms with van der Waals surface area (Å²) in [5.74, 6) is 0.0344. The van der Waals surface area contributed by atoms with Gasteiger partial charge in [-0.1, -0.05) is 18.2 Å². The van der Waals surface area contributed by atoms with Gasteiger partial charge in [0, 0.05) is 37.3 Å². The molecule has 103 valence electrons. The van der Waals surface area contributed by atoms with Gasteiger partial charge in [0.1, 0.15) is 6.04 Å². The zero-order chi connectivity index (χ0) is 13.9. The van der Waals surface area contributed by atoms with E-state index in [0.29, 0.717) is 26.1 Å². The molecule has 2 aromatic rings. The second-order valence-electron chi connectivity index (χ2n) is 5.03. The lowest BCUT2D eigenvalue weighted by atomic mass is 10.0. The number of rotatable bonds is 4. The smallest absolute Gasteiger partial charge is 0.312 e. The maximum Gasteiger partial charge on any atom is 0.312 e. The number of Topliss-reactive ketones (excluding diaryl/α,β-unsaturated/α-hetero) is 1. The highest BCUT2D eigenvalue weighted by atomic mass is 16.1. The molecule has 1 amide bonds. The molecule has 3 rings (SSSR count). The molecule has 1 aliphatic heterocycles. The highest BCUT2D eigenvalue weighted by Gasteiger charge is 2.28. The van der Waals surface area contributed by atoms with Crippen LogP contribution in [-0.4, -0.2) is 47.8 Å². The summed E-state index contributed by atoms with van der Waals surface area (Å²) in [6.45, 7) is 1.76. The largest absolute Gasteiger partial charge is 0.358 e. The zero-order valence-electron chi connectivity index (χ0n) is 11.1. The van der Waals surface area contributed by atoms with Gasteiger partial charge in [-0.3, -0.25) is 9.59 Å². The van der Waals surface area contributed by atoms with Gasteiger partial charge in [0.05, 0.1) is 0 Å². The molecule has 0 bridgehead atoms. The van der Waals surface area contributed by atoms with Crippen molar-refractivity contribution in [3.63, 3.8) is 0 Å². The maximum atomic E-state index is 12.3. The highest BCUT2D eigenvalue weighted by molar-refractivity contribution is 5.89. The SMILES string of the molecule is O=[C]N1CCNCC1C(=O)Cc1cc2ccccc2[nH]1. The number of nitrogens with zero attached hydrogens (tertiary/aromatic N) is 1. The first-order chi connectivity index (χ1) is 9.78. The molecule has 1 radical (unpaired) electrons. The van der Waals surface area contributed by atoms with Gasteiger partial charge in [0.25, 0.3) is 0 Å². The highest BCUT2D eigenvalue weighted by Crippen LogP contribution is 2.16. The lowest BCUT2D eigenvalue weighted by Gasteiger charge is -2.31. The van der Waals surface area contributed by atoms with Gasteiger partial charge >= 0.3 is 6.41 Å². The van der Waals surface area contributed by atoms with E-state index >= 15 is 0 Å². The quantitative estimate of drug-likeness (QED) is 0.856. The van der Waals surface area contributed by atoms with Crippen molar-refractivity contribution in [3.05, 3.63) is 36.0 Å². The van der Waals surface area contributed by atoms with E-state index in [4.69, 9.17) is 0 Å². The third-order valence-electron chi connectivity index (χ3n) is 3.68. The molecule has 1 unspecified atom stereocenters. The van der Waals surface area contributed by atoms with E-state index < -0.39 is 6.04 Å². The molecule has 5 nitrogen and oxygen atoms in total. The van der Waals surface area contributed by atoms with E-state index in [0.717, 1.165) is 16.6 Å². The average Bonchev–Trinajstić information content (AvgIpc) is 2.89. The Hall–Kier alpha value is -2.14. The molecule has 1 fully saturated rings. The lowest BCUT2D eigenvalue weighted by Crippen LogP contribution is -2.54. The van der Waals surface area contributed by atoms with Crippen LogP contribution in [0.15, 0.2) is 30.3 Å². The summed E-state index contributed by atoms with van der Waals surface area (Å²) in [7, 11) is 0. The standard InChI is InChI=1S/C15H16N3O2/c19-10-18-6-5-16-9-14(18)15(20)8-12-7-11-3-1-2-4-13(11)17-12/h1-4,7,14,16-17H,5-6,8-9H2. The van der Waals surface area contributed by atoms with Crippen molar-refractivity contribution in [2.75, 3.05) is 19.6 Å². The Labute approximate surface area is 117 Å². The van der Waals surface area contributed by atoms with Gasteiger partial charge < -0.3 is 15.2 Å². The van der Waals surface area contributed by atoms with Crippen molar-refractivity contribution < 1.29 is 9.59 Å². The van der Waals surface area contributed by atoms with Crippen molar-refractivity contribution >= 4 is 23.1 Å². The minimum absolute atomic E-state index is 0.0344. The molecular weight excluding hydrogens is 254 g/mol. The van der Waals surface area contributed by atoms with Crippen molar-refractivity contribution in [2.24, 2.45) is 0 Å². The molecule has 0 aliphatic carbocycles. The van der Waals surface area contributed by atoms with Gasteiger partial charge in [-0.15, -0.1) is 0 Å². The van der Waals surface area contributed by atoms with E-state index in [1.54, 1.807) is 0 Å². The number of nitrogens with one attached hydrogen (secondary N) is 2.